The molecule has 0 aromatic carbocycles. The highest BCUT2D eigenvalue weighted by Gasteiger charge is 2.21. The van der Waals surface area contributed by atoms with Gasteiger partial charge >= 0.3 is 29.1 Å². The van der Waals surface area contributed by atoms with Crippen LogP contribution < -0.4 is 50.2 Å². The predicted molar refractivity (Wildman–Crippen MR) is 79.2 cm³/mol. The Bertz CT molecular complexity index is 947. The number of carbonyl (C=O) groups is 2. The second-order valence-corrected chi connectivity index (χ2v) is 4.18. The SMILES string of the molecule is NC(=O)N(N)c1nc(N(N)C(N)=O)nc(-n2c(=O)[nH]c(=O)[nH]c2=O)n1. The van der Waals surface area contributed by atoms with Gasteiger partial charge < -0.3 is 11.5 Å². The number of H-pyrrole nitrogens is 2. The molecule has 0 fully saturated rings. The van der Waals surface area contributed by atoms with Crippen molar-refractivity contribution in [1.29, 1.82) is 0 Å². The van der Waals surface area contributed by atoms with Crippen LogP contribution in [0.4, 0.5) is 21.5 Å². The number of hydrogen-bond acceptors (Lipinski definition) is 10. The fraction of sp³-hybridized carbons (Fsp3) is 0. The van der Waals surface area contributed by atoms with Crippen molar-refractivity contribution >= 4 is 24.0 Å². The molecule has 0 saturated carbocycles. The van der Waals surface area contributed by atoms with Crippen molar-refractivity contribution in [2.75, 3.05) is 10.0 Å². The van der Waals surface area contributed by atoms with Gasteiger partial charge in [0, 0.05) is 0 Å². The highest BCUT2D eigenvalue weighted by molar-refractivity contribution is 5.89. The number of nitrogens with two attached hydrogens (primary N) is 4. The average Bonchev–Trinajstić information content (AvgIpc) is 2.51. The molecular weight excluding hydrogens is 344 g/mol. The Labute approximate surface area is 134 Å². The molecule has 0 bridgehead atoms. The predicted octanol–water partition coefficient (Wildman–Crippen LogP) is -5.08. The minimum atomic E-state index is -1.23. The quantitative estimate of drug-likeness (QED) is 0.173. The number of amides is 4. The summed E-state index contributed by atoms with van der Waals surface area (Å²) in [7, 11) is 0. The molecule has 0 unspecified atom stereocenters. The van der Waals surface area contributed by atoms with Gasteiger partial charge in [-0.3, -0.25) is 9.97 Å². The van der Waals surface area contributed by atoms with Gasteiger partial charge in [0.1, 0.15) is 0 Å². The van der Waals surface area contributed by atoms with Crippen molar-refractivity contribution < 1.29 is 9.59 Å². The van der Waals surface area contributed by atoms with Gasteiger partial charge in [-0.1, -0.05) is 0 Å². The second-order valence-electron chi connectivity index (χ2n) is 4.18. The molecule has 0 radical (unpaired) electrons. The summed E-state index contributed by atoms with van der Waals surface area (Å²) in [6, 6.07) is -2.46. The van der Waals surface area contributed by atoms with Crippen LogP contribution in [0.1, 0.15) is 0 Å². The Morgan fingerprint density at radius 3 is 1.60 bits per heavy atom. The number of carbonyl (C=O) groups excluding carboxylic acids is 2. The van der Waals surface area contributed by atoms with Crippen LogP contribution in [0.25, 0.3) is 5.95 Å². The van der Waals surface area contributed by atoms with Gasteiger partial charge in [-0.2, -0.15) is 29.5 Å². The number of hydrogen-bond donors (Lipinski definition) is 6. The number of urea groups is 2. The summed E-state index contributed by atoms with van der Waals surface area (Å²) < 4.78 is 0.250. The van der Waals surface area contributed by atoms with Gasteiger partial charge in [-0.05, 0) is 0 Å². The molecule has 17 nitrogen and oxygen atoms in total. The highest BCUT2D eigenvalue weighted by atomic mass is 16.2. The summed E-state index contributed by atoms with van der Waals surface area (Å²) in [6.07, 6.45) is 0. The van der Waals surface area contributed by atoms with E-state index in [1.165, 1.54) is 0 Å². The van der Waals surface area contributed by atoms with E-state index in [2.05, 4.69) is 15.0 Å². The maximum absolute atomic E-state index is 11.8. The minimum absolute atomic E-state index is 0.217. The molecule has 2 rings (SSSR count). The van der Waals surface area contributed by atoms with Crippen LogP contribution in [-0.4, -0.2) is 41.5 Å². The van der Waals surface area contributed by atoms with Crippen LogP contribution in [-0.2, 0) is 0 Å². The molecule has 132 valence electrons. The number of aromatic nitrogens is 6. The van der Waals surface area contributed by atoms with Crippen molar-refractivity contribution in [3.05, 3.63) is 31.5 Å². The van der Waals surface area contributed by atoms with E-state index < -0.39 is 47.0 Å². The summed E-state index contributed by atoms with van der Waals surface area (Å²) >= 11 is 0. The summed E-state index contributed by atoms with van der Waals surface area (Å²) in [5.41, 5.74) is 6.37. The molecule has 0 atom stereocenters. The Kier molecular flexibility index (Phi) is 4.26. The zero-order chi connectivity index (χ0) is 18.9. The molecule has 25 heavy (non-hydrogen) atoms. The van der Waals surface area contributed by atoms with Gasteiger partial charge in [-0.25, -0.2) is 35.7 Å². The van der Waals surface area contributed by atoms with E-state index in [1.807, 2.05) is 0 Å². The zero-order valence-corrected chi connectivity index (χ0v) is 12.0. The third kappa shape index (κ3) is 3.30. The molecule has 2 heterocycles. The zero-order valence-electron chi connectivity index (χ0n) is 12.0. The summed E-state index contributed by atoms with van der Waals surface area (Å²) in [6.45, 7) is 0. The lowest BCUT2D eigenvalue weighted by Gasteiger charge is -2.16. The molecular formula is C8H10N12O5. The fourth-order valence-electron chi connectivity index (χ4n) is 1.47. The van der Waals surface area contributed by atoms with Crippen molar-refractivity contribution in [1.82, 2.24) is 29.5 Å². The number of nitrogens with zero attached hydrogens (tertiary/aromatic N) is 6. The fourth-order valence-corrected chi connectivity index (χ4v) is 1.47. The smallest absolute Gasteiger partial charge is 0.340 e. The van der Waals surface area contributed by atoms with E-state index >= 15 is 0 Å². The standard InChI is InChI=1S/C8H10N12O5/c9-1(21)19(11)4-13-3(14-5(15-4)20(12)2(10)22)18-7(24)16-6(23)17-8(18)25/h11-12H2,(H2,9,21)(H2,10,22)(H2,16,17,23,24,25). The van der Waals surface area contributed by atoms with Crippen molar-refractivity contribution in [2.24, 2.45) is 23.2 Å². The monoisotopic (exact) mass is 354 g/mol. The summed E-state index contributed by atoms with van der Waals surface area (Å²) in [4.78, 5) is 71.2. The van der Waals surface area contributed by atoms with Crippen LogP contribution >= 0.6 is 0 Å². The number of primary amides is 2. The summed E-state index contributed by atoms with van der Waals surface area (Å²) in [5, 5.41) is 0.433. The first-order valence-electron chi connectivity index (χ1n) is 6.02. The molecule has 0 spiro atoms. The van der Waals surface area contributed by atoms with Gasteiger partial charge in [-0.15, -0.1) is 0 Å². The number of aromatic amines is 2. The number of anilines is 2. The number of rotatable bonds is 3. The summed E-state index contributed by atoms with van der Waals surface area (Å²) in [5.74, 6) is 8.56. The van der Waals surface area contributed by atoms with E-state index in [9.17, 15) is 24.0 Å². The van der Waals surface area contributed by atoms with Crippen molar-refractivity contribution in [3.8, 4) is 5.95 Å². The van der Waals surface area contributed by atoms with E-state index in [0.717, 1.165) is 0 Å². The first-order chi connectivity index (χ1) is 11.6. The highest BCUT2D eigenvalue weighted by Crippen LogP contribution is 2.11. The number of hydrazine groups is 2. The van der Waals surface area contributed by atoms with Gasteiger partial charge in [0.2, 0.25) is 5.95 Å². The number of nitrogens with one attached hydrogen (secondary N) is 2. The average molecular weight is 354 g/mol. The lowest BCUT2D eigenvalue weighted by Crippen LogP contribution is -2.47. The molecule has 2 aromatic heterocycles. The van der Waals surface area contributed by atoms with E-state index in [1.54, 1.807) is 9.97 Å². The third-order valence-corrected chi connectivity index (χ3v) is 2.55. The minimum Gasteiger partial charge on any atom is -0.350 e. The van der Waals surface area contributed by atoms with E-state index in [4.69, 9.17) is 23.2 Å². The van der Waals surface area contributed by atoms with Crippen LogP contribution in [0, 0.1) is 0 Å². The van der Waals surface area contributed by atoms with Crippen LogP contribution in [0.2, 0.25) is 0 Å². The Morgan fingerprint density at radius 2 is 1.24 bits per heavy atom. The largest absolute Gasteiger partial charge is 0.350 e. The molecule has 10 N–H and O–H groups in total. The topological polar surface area (TPSA) is 271 Å². The Balaban J connectivity index is 2.80. The Morgan fingerprint density at radius 1 is 0.840 bits per heavy atom. The van der Waals surface area contributed by atoms with Gasteiger partial charge in [0.05, 0.1) is 0 Å². The molecule has 17 heteroatoms. The molecule has 4 amide bonds. The lowest BCUT2D eigenvalue weighted by molar-refractivity contribution is 0.253. The normalized spacial score (nSPS) is 10.3. The molecule has 2 aromatic rings. The lowest BCUT2D eigenvalue weighted by atomic mass is 10.7. The van der Waals surface area contributed by atoms with Crippen molar-refractivity contribution in [2.45, 2.75) is 0 Å². The van der Waals surface area contributed by atoms with Crippen LogP contribution in [0.3, 0.4) is 0 Å². The van der Waals surface area contributed by atoms with Gasteiger partial charge in [0.15, 0.2) is 0 Å². The van der Waals surface area contributed by atoms with Crippen LogP contribution in [0.5, 0.6) is 0 Å². The first-order valence-corrected chi connectivity index (χ1v) is 6.02. The first kappa shape index (κ1) is 17.2. The van der Waals surface area contributed by atoms with Crippen LogP contribution in [0.15, 0.2) is 14.4 Å². The second kappa shape index (κ2) is 6.17. The van der Waals surface area contributed by atoms with E-state index in [0.29, 0.717) is 0 Å². The maximum atomic E-state index is 11.8. The molecule has 0 aliphatic carbocycles. The molecule has 0 saturated heterocycles. The molecule has 0 aliphatic rings. The van der Waals surface area contributed by atoms with E-state index in [-0.39, 0.29) is 14.6 Å². The maximum Gasteiger partial charge on any atom is 0.340 e. The third-order valence-electron chi connectivity index (χ3n) is 2.55. The van der Waals surface area contributed by atoms with Gasteiger partial charge in [0.25, 0.3) is 11.9 Å². The van der Waals surface area contributed by atoms with Crippen molar-refractivity contribution in [3.63, 3.8) is 0 Å². The molecule has 0 aliphatic heterocycles. The Hall–Kier alpha value is -4.12.